The minimum Gasteiger partial charge on any atom is -0.231 e. The lowest BCUT2D eigenvalue weighted by molar-refractivity contribution is -0.138. The van der Waals surface area contributed by atoms with Crippen LogP contribution in [0.5, 0.6) is 0 Å². The number of hydrogen-bond acceptors (Lipinski definition) is 4. The second-order valence-electron chi connectivity index (χ2n) is 5.76. The fourth-order valence-electron chi connectivity index (χ4n) is 2.63. The number of alkyl halides is 3. The SMILES string of the molecule is CCCc1nc(-c2ccc(C(F)(F)F)c(C)c2)n(-c2cnnn2C)n1. The third kappa shape index (κ3) is 3.26. The first-order valence-corrected chi connectivity index (χ1v) is 7.80. The van der Waals surface area contributed by atoms with Crippen LogP contribution in [-0.2, 0) is 19.6 Å². The zero-order valence-electron chi connectivity index (χ0n) is 14.0. The lowest BCUT2D eigenvalue weighted by atomic mass is 10.0. The van der Waals surface area contributed by atoms with Crippen LogP contribution in [-0.4, -0.2) is 29.8 Å². The van der Waals surface area contributed by atoms with Crippen LogP contribution in [0.3, 0.4) is 0 Å². The van der Waals surface area contributed by atoms with Gasteiger partial charge in [-0.2, -0.15) is 17.9 Å². The van der Waals surface area contributed by atoms with Gasteiger partial charge in [0.2, 0.25) is 0 Å². The summed E-state index contributed by atoms with van der Waals surface area (Å²) in [6, 6.07) is 3.96. The minimum atomic E-state index is -4.38. The summed E-state index contributed by atoms with van der Waals surface area (Å²) in [6.45, 7) is 3.44. The van der Waals surface area contributed by atoms with Crippen molar-refractivity contribution in [3.63, 3.8) is 0 Å². The van der Waals surface area contributed by atoms with E-state index in [1.165, 1.54) is 29.9 Å². The van der Waals surface area contributed by atoms with Gasteiger partial charge in [-0.1, -0.05) is 18.2 Å². The molecule has 0 N–H and O–H groups in total. The third-order valence-corrected chi connectivity index (χ3v) is 3.82. The highest BCUT2D eigenvalue weighted by Gasteiger charge is 2.32. The maximum Gasteiger partial charge on any atom is 0.416 e. The average Bonchev–Trinajstić information content (AvgIpc) is 3.12. The van der Waals surface area contributed by atoms with Crippen molar-refractivity contribution >= 4 is 0 Å². The van der Waals surface area contributed by atoms with E-state index < -0.39 is 11.7 Å². The van der Waals surface area contributed by atoms with Crippen molar-refractivity contribution in [2.75, 3.05) is 0 Å². The number of hydrogen-bond donors (Lipinski definition) is 0. The van der Waals surface area contributed by atoms with Crippen LogP contribution in [0.2, 0.25) is 0 Å². The number of halogens is 3. The van der Waals surface area contributed by atoms with Crippen molar-refractivity contribution in [1.29, 1.82) is 0 Å². The zero-order chi connectivity index (χ0) is 18.2. The van der Waals surface area contributed by atoms with Crippen LogP contribution in [0.4, 0.5) is 13.2 Å². The van der Waals surface area contributed by atoms with Crippen LogP contribution in [0.1, 0.15) is 30.3 Å². The third-order valence-electron chi connectivity index (χ3n) is 3.82. The lowest BCUT2D eigenvalue weighted by Crippen LogP contribution is -2.09. The molecule has 1 aromatic carbocycles. The molecule has 0 bridgehead atoms. The molecule has 0 radical (unpaired) electrons. The van der Waals surface area contributed by atoms with Gasteiger partial charge in [0, 0.05) is 19.0 Å². The molecule has 2 heterocycles. The van der Waals surface area contributed by atoms with Crippen molar-refractivity contribution in [3.05, 3.63) is 41.3 Å². The molecule has 3 aromatic rings. The fourth-order valence-corrected chi connectivity index (χ4v) is 2.63. The summed E-state index contributed by atoms with van der Waals surface area (Å²) < 4.78 is 42.1. The molecule has 3 rings (SSSR count). The number of rotatable bonds is 4. The van der Waals surface area contributed by atoms with Gasteiger partial charge in [-0.05, 0) is 31.0 Å². The standard InChI is InChI=1S/C16H17F3N6/c1-4-5-13-21-15(25(22-13)14-9-20-23-24(14)3)11-6-7-12(10(2)8-11)16(17,18)19/h6-9H,4-5H2,1-3H3. The predicted octanol–water partition coefficient (Wildman–Crippen LogP) is 3.34. The second-order valence-corrected chi connectivity index (χ2v) is 5.76. The molecule has 0 fully saturated rings. The van der Waals surface area contributed by atoms with E-state index in [1.54, 1.807) is 11.7 Å². The molecular weight excluding hydrogens is 333 g/mol. The van der Waals surface area contributed by atoms with Gasteiger partial charge in [0.25, 0.3) is 0 Å². The van der Waals surface area contributed by atoms with E-state index in [4.69, 9.17) is 0 Å². The molecule has 0 atom stereocenters. The molecule has 0 saturated heterocycles. The molecule has 0 amide bonds. The Morgan fingerprint density at radius 2 is 1.96 bits per heavy atom. The Morgan fingerprint density at radius 1 is 1.20 bits per heavy atom. The highest BCUT2D eigenvalue weighted by molar-refractivity contribution is 5.59. The van der Waals surface area contributed by atoms with Crippen LogP contribution < -0.4 is 0 Å². The van der Waals surface area contributed by atoms with Crippen molar-refractivity contribution in [2.45, 2.75) is 32.9 Å². The number of nitrogens with zero attached hydrogens (tertiary/aromatic N) is 6. The predicted molar refractivity (Wildman–Crippen MR) is 85.1 cm³/mol. The molecule has 0 aliphatic carbocycles. The van der Waals surface area contributed by atoms with Gasteiger partial charge in [-0.3, -0.25) is 0 Å². The topological polar surface area (TPSA) is 61.4 Å². The number of aryl methyl sites for hydroxylation is 3. The van der Waals surface area contributed by atoms with Crippen LogP contribution in [0.25, 0.3) is 17.2 Å². The summed E-state index contributed by atoms with van der Waals surface area (Å²) in [5.74, 6) is 1.67. The molecule has 0 unspecified atom stereocenters. The van der Waals surface area contributed by atoms with Crippen LogP contribution >= 0.6 is 0 Å². The lowest BCUT2D eigenvalue weighted by Gasteiger charge is -2.11. The second kappa shape index (κ2) is 6.30. The smallest absolute Gasteiger partial charge is 0.231 e. The maximum atomic E-state index is 13.0. The quantitative estimate of drug-likeness (QED) is 0.724. The normalized spacial score (nSPS) is 11.9. The Bertz CT molecular complexity index is 894. The summed E-state index contributed by atoms with van der Waals surface area (Å²) in [4.78, 5) is 4.50. The molecule has 9 heteroatoms. The molecule has 25 heavy (non-hydrogen) atoms. The largest absolute Gasteiger partial charge is 0.416 e. The van der Waals surface area contributed by atoms with Crippen molar-refractivity contribution in [3.8, 4) is 17.2 Å². The molecule has 0 aliphatic rings. The Labute approximate surface area is 142 Å². The summed E-state index contributed by atoms with van der Waals surface area (Å²) >= 11 is 0. The van der Waals surface area contributed by atoms with Gasteiger partial charge in [0.1, 0.15) is 0 Å². The average molecular weight is 350 g/mol. The molecule has 6 nitrogen and oxygen atoms in total. The van der Waals surface area contributed by atoms with E-state index in [0.29, 0.717) is 29.5 Å². The summed E-state index contributed by atoms with van der Waals surface area (Å²) in [5.41, 5.74) is 0.0413. The van der Waals surface area contributed by atoms with E-state index in [1.807, 2.05) is 6.92 Å². The van der Waals surface area contributed by atoms with Gasteiger partial charge in [-0.25, -0.2) is 9.67 Å². The molecule has 2 aromatic heterocycles. The molecule has 0 spiro atoms. The van der Waals surface area contributed by atoms with Crippen molar-refractivity contribution < 1.29 is 13.2 Å². The Morgan fingerprint density at radius 3 is 2.52 bits per heavy atom. The first kappa shape index (κ1) is 17.1. The van der Waals surface area contributed by atoms with Gasteiger partial charge in [-0.15, -0.1) is 10.2 Å². The first-order chi connectivity index (χ1) is 11.8. The first-order valence-electron chi connectivity index (χ1n) is 7.80. The van der Waals surface area contributed by atoms with Gasteiger partial charge in [0.15, 0.2) is 17.5 Å². The number of aromatic nitrogens is 6. The molecular formula is C16H17F3N6. The summed E-state index contributed by atoms with van der Waals surface area (Å²) in [6.07, 6.45) is -1.31. The zero-order valence-corrected chi connectivity index (χ0v) is 14.0. The Kier molecular flexibility index (Phi) is 4.32. The van der Waals surface area contributed by atoms with E-state index in [-0.39, 0.29) is 5.56 Å². The number of benzene rings is 1. The Balaban J connectivity index is 2.13. The maximum absolute atomic E-state index is 13.0. The van der Waals surface area contributed by atoms with Crippen molar-refractivity contribution in [1.82, 2.24) is 29.8 Å². The van der Waals surface area contributed by atoms with E-state index in [9.17, 15) is 13.2 Å². The van der Waals surface area contributed by atoms with Crippen LogP contribution in [0, 0.1) is 6.92 Å². The van der Waals surface area contributed by atoms with Crippen molar-refractivity contribution in [2.24, 2.45) is 7.05 Å². The summed E-state index contributed by atoms with van der Waals surface area (Å²) in [5, 5.41) is 12.2. The molecule has 0 aliphatic heterocycles. The fraction of sp³-hybridized carbons (Fsp3) is 0.375. The van der Waals surface area contributed by atoms with Crippen LogP contribution in [0.15, 0.2) is 24.4 Å². The van der Waals surface area contributed by atoms with E-state index in [2.05, 4.69) is 20.4 Å². The van der Waals surface area contributed by atoms with Gasteiger partial charge >= 0.3 is 6.18 Å². The van der Waals surface area contributed by atoms with E-state index >= 15 is 0 Å². The summed E-state index contributed by atoms with van der Waals surface area (Å²) in [7, 11) is 1.71. The monoisotopic (exact) mass is 350 g/mol. The van der Waals surface area contributed by atoms with E-state index in [0.717, 1.165) is 12.5 Å². The molecule has 0 saturated carbocycles. The Hall–Kier alpha value is -2.71. The van der Waals surface area contributed by atoms with Gasteiger partial charge in [0.05, 0.1) is 11.8 Å². The minimum absolute atomic E-state index is 0.139. The highest BCUT2D eigenvalue weighted by atomic mass is 19.4. The van der Waals surface area contributed by atoms with Gasteiger partial charge < -0.3 is 0 Å². The highest BCUT2D eigenvalue weighted by Crippen LogP contribution is 2.34. The molecule has 132 valence electrons.